The van der Waals surface area contributed by atoms with E-state index in [9.17, 15) is 36.9 Å². The van der Waals surface area contributed by atoms with E-state index in [1.807, 2.05) is 26.0 Å². The van der Waals surface area contributed by atoms with E-state index in [0.717, 1.165) is 105 Å². The number of sulfone groups is 2. The zero-order chi connectivity index (χ0) is 51.7. The molecule has 71 heavy (non-hydrogen) atoms. The van der Waals surface area contributed by atoms with E-state index in [0.29, 0.717) is 69.3 Å². The Morgan fingerprint density at radius 1 is 0.563 bits per heavy atom. The van der Waals surface area contributed by atoms with Gasteiger partial charge < -0.3 is 15.3 Å². The first-order valence-corrected chi connectivity index (χ1v) is 33.3. The van der Waals surface area contributed by atoms with Crippen LogP contribution in [0.1, 0.15) is 158 Å². The molecule has 398 valence electrons. The summed E-state index contributed by atoms with van der Waals surface area (Å²) in [5, 5.41) is 33.1. The molecule has 3 N–H and O–H groups in total. The number of ketones is 1. The van der Waals surface area contributed by atoms with Crippen molar-refractivity contribution < 1.29 is 36.9 Å². The first-order chi connectivity index (χ1) is 33.2. The second-order valence-corrected chi connectivity index (χ2v) is 32.0. The Kier molecular flexibility index (Phi) is 15.9. The van der Waals surface area contributed by atoms with Gasteiger partial charge in [0, 0.05) is 12.3 Å². The van der Waals surface area contributed by atoms with Crippen molar-refractivity contribution in [3.8, 4) is 0 Å². The summed E-state index contributed by atoms with van der Waals surface area (Å²) < 4.78 is 52.5. The minimum Gasteiger partial charge on any atom is -0.393 e. The number of carbonyl (C=O) groups excluding carboxylic acids is 1. The molecule has 8 aliphatic carbocycles. The minimum atomic E-state index is -3.34. The van der Waals surface area contributed by atoms with Crippen LogP contribution >= 0.6 is 8.58 Å². The molecule has 2 aromatic rings. The van der Waals surface area contributed by atoms with Crippen LogP contribution < -0.4 is 0 Å². The van der Waals surface area contributed by atoms with Crippen molar-refractivity contribution >= 4 is 34.0 Å². The monoisotopic (exact) mass is 1040 g/mol. The SMILES string of the molecule is CPC.C[C@H](CS(=O)(=O)c1ccccc1)[C@H]1CC[C@H]2[C@@H]3CC[C@@H]4C[C@@](C)(O)CC[C@]4(C)[C@H]3C(=O)C[C@]12C.C[C@H](CS(=O)(=O)c1ccccc1)[C@H]1CC[C@H]2[C@@H]3CC[C@@H]4C[C@@](C)(O)CC[C@]4(C)[C@H]3C(O)C[C@]12C. The zero-order valence-electron chi connectivity index (χ0n) is 45.2. The summed E-state index contributed by atoms with van der Waals surface area (Å²) in [6.45, 7) is 21.9. The third kappa shape index (κ3) is 10.4. The average Bonchev–Trinajstić information content (AvgIpc) is 3.83. The van der Waals surface area contributed by atoms with Crippen LogP contribution in [0.25, 0.3) is 0 Å². The number of hydrogen-bond donors (Lipinski definition) is 3. The molecular weight excluding hydrogens is 944 g/mol. The van der Waals surface area contributed by atoms with E-state index < -0.39 is 30.9 Å². The Balaban J connectivity index is 0.000000181. The number of Topliss-reactive ketones (excluding diaryl/α,β-unsaturated/α-hetero) is 1. The van der Waals surface area contributed by atoms with E-state index >= 15 is 0 Å². The summed E-state index contributed by atoms with van der Waals surface area (Å²) in [5.41, 5.74) is -1.16. The van der Waals surface area contributed by atoms with Gasteiger partial charge in [0.05, 0.1) is 38.6 Å². The quantitative estimate of drug-likeness (QED) is 0.222. The third-order valence-electron chi connectivity index (χ3n) is 22.2. The van der Waals surface area contributed by atoms with Crippen molar-refractivity contribution in [2.24, 2.45) is 92.7 Å². The smallest absolute Gasteiger partial charge is 0.178 e. The molecule has 0 aromatic heterocycles. The molecule has 11 heteroatoms. The average molecular weight is 1040 g/mol. The molecule has 8 aliphatic rings. The molecule has 8 saturated carbocycles. The summed E-state index contributed by atoms with van der Waals surface area (Å²) in [7, 11) is -5.58. The van der Waals surface area contributed by atoms with Crippen LogP contribution in [0.2, 0.25) is 0 Å². The first kappa shape index (κ1) is 55.5. The number of hydrogen-bond acceptors (Lipinski definition) is 8. The fourth-order valence-electron chi connectivity index (χ4n) is 19.1. The highest BCUT2D eigenvalue weighted by molar-refractivity contribution is 7.91. The van der Waals surface area contributed by atoms with Gasteiger partial charge in [0.25, 0.3) is 0 Å². The second kappa shape index (κ2) is 20.4. The summed E-state index contributed by atoms with van der Waals surface area (Å²) >= 11 is 0. The summed E-state index contributed by atoms with van der Waals surface area (Å²) in [4.78, 5) is 14.7. The molecule has 0 bridgehead atoms. The summed E-state index contributed by atoms with van der Waals surface area (Å²) in [5.74, 6) is 4.78. The lowest BCUT2D eigenvalue weighted by Gasteiger charge is -2.63. The molecule has 0 radical (unpaired) electrons. The Labute approximate surface area is 432 Å². The predicted molar refractivity (Wildman–Crippen MR) is 289 cm³/mol. The molecule has 8 fully saturated rings. The molecule has 0 spiro atoms. The van der Waals surface area contributed by atoms with Crippen molar-refractivity contribution in [1.82, 2.24) is 0 Å². The van der Waals surface area contributed by atoms with Gasteiger partial charge in [-0.1, -0.05) is 77.9 Å². The van der Waals surface area contributed by atoms with Gasteiger partial charge in [0.1, 0.15) is 5.78 Å². The van der Waals surface area contributed by atoms with Crippen molar-refractivity contribution in [2.45, 2.75) is 185 Å². The van der Waals surface area contributed by atoms with Crippen LogP contribution in [0, 0.1) is 92.7 Å². The number of benzene rings is 2. The lowest BCUT2D eigenvalue weighted by molar-refractivity contribution is -0.189. The number of aliphatic hydroxyl groups is 3. The maximum absolute atomic E-state index is 13.9. The van der Waals surface area contributed by atoms with Gasteiger partial charge in [-0.3, -0.25) is 4.79 Å². The first-order valence-electron chi connectivity index (χ1n) is 28.0. The van der Waals surface area contributed by atoms with Gasteiger partial charge in [-0.15, -0.1) is 8.58 Å². The number of aliphatic hydroxyl groups excluding tert-OH is 1. The summed E-state index contributed by atoms with van der Waals surface area (Å²) in [6, 6.07) is 17.7. The van der Waals surface area contributed by atoms with Crippen LogP contribution in [0.5, 0.6) is 0 Å². The predicted octanol–water partition coefficient (Wildman–Crippen LogP) is 12.1. The molecule has 0 amide bonds. The molecule has 10 rings (SSSR count). The molecule has 19 atom stereocenters. The largest absolute Gasteiger partial charge is 0.393 e. The van der Waals surface area contributed by atoms with Crippen molar-refractivity contribution in [1.29, 1.82) is 0 Å². The third-order valence-corrected chi connectivity index (χ3v) is 26.1. The van der Waals surface area contributed by atoms with Gasteiger partial charge in [-0.05, 0) is 235 Å². The number of rotatable bonds is 8. The fourth-order valence-corrected chi connectivity index (χ4v) is 22.5. The Morgan fingerprint density at radius 2 is 0.986 bits per heavy atom. The van der Waals surface area contributed by atoms with Gasteiger partial charge in [0.15, 0.2) is 19.7 Å². The summed E-state index contributed by atoms with van der Waals surface area (Å²) in [6.07, 6.45) is 15.1. The molecule has 0 saturated heterocycles. The fraction of sp³-hybridized carbons (Fsp3) is 0.783. The minimum absolute atomic E-state index is 0.00389. The lowest BCUT2D eigenvalue weighted by Crippen LogP contribution is -2.60. The Bertz CT molecular complexity index is 2410. The van der Waals surface area contributed by atoms with Crippen molar-refractivity contribution in [2.75, 3.05) is 24.8 Å². The highest BCUT2D eigenvalue weighted by atomic mass is 32.2. The van der Waals surface area contributed by atoms with Gasteiger partial charge >= 0.3 is 0 Å². The van der Waals surface area contributed by atoms with E-state index in [1.54, 1.807) is 48.5 Å². The van der Waals surface area contributed by atoms with Crippen LogP contribution in [0.4, 0.5) is 0 Å². The van der Waals surface area contributed by atoms with Gasteiger partial charge in [-0.25, -0.2) is 16.8 Å². The number of fused-ring (bicyclic) bond motifs is 10. The van der Waals surface area contributed by atoms with Crippen LogP contribution in [-0.4, -0.2) is 80.1 Å². The second-order valence-electron chi connectivity index (χ2n) is 26.9. The van der Waals surface area contributed by atoms with Crippen LogP contribution in [-0.2, 0) is 24.5 Å². The Morgan fingerprint density at radius 3 is 1.48 bits per heavy atom. The maximum Gasteiger partial charge on any atom is 0.178 e. The Hall–Kier alpha value is -1.68. The van der Waals surface area contributed by atoms with E-state index in [4.69, 9.17) is 0 Å². The van der Waals surface area contributed by atoms with Crippen LogP contribution in [0.3, 0.4) is 0 Å². The van der Waals surface area contributed by atoms with E-state index in [1.165, 1.54) is 0 Å². The zero-order valence-corrected chi connectivity index (χ0v) is 47.8. The molecule has 2 aromatic carbocycles. The topological polar surface area (TPSA) is 146 Å². The van der Waals surface area contributed by atoms with Gasteiger partial charge in [0.2, 0.25) is 0 Å². The molecule has 0 heterocycles. The maximum atomic E-state index is 13.9. The molecule has 8 nitrogen and oxygen atoms in total. The van der Waals surface area contributed by atoms with Crippen molar-refractivity contribution in [3.63, 3.8) is 0 Å². The van der Waals surface area contributed by atoms with E-state index in [-0.39, 0.29) is 62.9 Å². The highest BCUT2D eigenvalue weighted by Crippen LogP contribution is 2.70. The van der Waals surface area contributed by atoms with Crippen LogP contribution in [0.15, 0.2) is 70.5 Å². The van der Waals surface area contributed by atoms with E-state index in [2.05, 4.69) is 54.9 Å². The van der Waals surface area contributed by atoms with Gasteiger partial charge in [-0.2, -0.15) is 0 Å². The molecule has 0 aliphatic heterocycles. The highest BCUT2D eigenvalue weighted by Gasteiger charge is 2.66. The molecular formula is C60H93O8PS2. The number of carbonyl (C=O) groups is 1. The molecule has 1 unspecified atom stereocenters. The lowest BCUT2D eigenvalue weighted by atomic mass is 9.43. The standard InChI is InChI=1S/C29H44O4S.C29H42O4S.C2H7P/c2*1-19(18-34(32,33)21-8-6-5-7-9-21)23-12-13-24-22-11-10-20-16-27(2,31)14-15-28(20,3)26(22)25(30)17-29(23,24)4;1-3-2/h5-9,19-20,22-26,30-31H,10-18H2,1-4H3;5-9,19-20,22-24,26,31H,10-18H2,1-4H3;3H,1-2H3/t19-,20-,22+,23-,24+,25?,26-,27+,28+,29-;19-,20-,22+,23-,24+,26-,27+,28+,29-;/m11./s1. The van der Waals surface area contributed by atoms with Crippen molar-refractivity contribution in [3.05, 3.63) is 60.7 Å². The normalized spacial score (nSPS) is 44.6.